The Labute approximate surface area is 191 Å². The van der Waals surface area contributed by atoms with Gasteiger partial charge in [-0.05, 0) is 56.7 Å². The highest BCUT2D eigenvalue weighted by molar-refractivity contribution is 7.99. The number of aryl methyl sites for hydroxylation is 3. The summed E-state index contributed by atoms with van der Waals surface area (Å²) in [5.41, 5.74) is 2.43. The van der Waals surface area contributed by atoms with E-state index in [1.807, 2.05) is 18.2 Å². The number of hydrogen-bond donors (Lipinski definition) is 1. The van der Waals surface area contributed by atoms with E-state index in [-0.39, 0.29) is 11.3 Å². The van der Waals surface area contributed by atoms with E-state index in [1.165, 1.54) is 41.2 Å². The Morgan fingerprint density at radius 3 is 2.74 bits per heavy atom. The molecule has 0 unspecified atom stereocenters. The lowest BCUT2D eigenvalue weighted by molar-refractivity contribution is 0.586. The first-order valence-corrected chi connectivity index (χ1v) is 14.1. The van der Waals surface area contributed by atoms with Crippen LogP contribution in [0.15, 0.2) is 40.3 Å². The van der Waals surface area contributed by atoms with Gasteiger partial charge in [0.1, 0.15) is 4.83 Å². The van der Waals surface area contributed by atoms with Crippen molar-refractivity contribution in [3.05, 3.63) is 56.7 Å². The van der Waals surface area contributed by atoms with E-state index < -0.39 is 10.0 Å². The molecule has 2 heterocycles. The van der Waals surface area contributed by atoms with Crippen molar-refractivity contribution in [2.45, 2.75) is 50.2 Å². The molecule has 9 heteroatoms. The van der Waals surface area contributed by atoms with Crippen LogP contribution < -0.4 is 10.3 Å². The second kappa shape index (κ2) is 9.85. The van der Waals surface area contributed by atoms with E-state index in [0.29, 0.717) is 23.9 Å². The van der Waals surface area contributed by atoms with Crippen molar-refractivity contribution in [1.29, 1.82) is 0 Å². The molecule has 0 aliphatic heterocycles. The Bertz CT molecular complexity index is 1220. The first-order valence-electron chi connectivity index (χ1n) is 10.6. The molecule has 31 heavy (non-hydrogen) atoms. The SMILES string of the molecule is CNS(=O)(=O)CCCSc1nc2sc3c(c2c(=O)n1CCc1ccccc1)CCCC3. The minimum atomic E-state index is -3.23. The Morgan fingerprint density at radius 2 is 1.97 bits per heavy atom. The predicted molar refractivity (Wildman–Crippen MR) is 129 cm³/mol. The van der Waals surface area contributed by atoms with Crippen LogP contribution in [-0.4, -0.2) is 36.5 Å². The average Bonchev–Trinajstić information content (AvgIpc) is 3.15. The van der Waals surface area contributed by atoms with Crippen LogP contribution in [0, 0.1) is 0 Å². The maximum atomic E-state index is 13.6. The molecule has 1 N–H and O–H groups in total. The molecule has 2 aromatic heterocycles. The van der Waals surface area contributed by atoms with E-state index in [2.05, 4.69) is 16.9 Å². The molecule has 4 rings (SSSR count). The molecule has 0 saturated carbocycles. The second-order valence-corrected chi connectivity index (χ2v) is 11.9. The van der Waals surface area contributed by atoms with Gasteiger partial charge in [-0.15, -0.1) is 11.3 Å². The number of thioether (sulfide) groups is 1. The summed E-state index contributed by atoms with van der Waals surface area (Å²) in [6.07, 6.45) is 5.54. The van der Waals surface area contributed by atoms with Crippen LogP contribution in [0.25, 0.3) is 10.2 Å². The maximum absolute atomic E-state index is 13.6. The largest absolute Gasteiger partial charge is 0.287 e. The predicted octanol–water partition coefficient (Wildman–Crippen LogP) is 3.61. The summed E-state index contributed by atoms with van der Waals surface area (Å²) in [4.78, 5) is 20.6. The lowest BCUT2D eigenvalue weighted by Gasteiger charge is -2.13. The number of hydrogen-bond acceptors (Lipinski definition) is 6. The van der Waals surface area contributed by atoms with Gasteiger partial charge in [-0.2, -0.15) is 0 Å². The quantitative estimate of drug-likeness (QED) is 0.289. The molecule has 0 bridgehead atoms. The molecule has 3 aromatic rings. The minimum absolute atomic E-state index is 0.0469. The molecule has 1 aliphatic carbocycles. The molecule has 0 fully saturated rings. The number of rotatable bonds is 9. The van der Waals surface area contributed by atoms with Gasteiger partial charge in [0.25, 0.3) is 5.56 Å². The van der Waals surface area contributed by atoms with Gasteiger partial charge in [0.2, 0.25) is 10.0 Å². The normalized spacial score (nSPS) is 14.1. The zero-order valence-electron chi connectivity index (χ0n) is 17.6. The third-order valence-electron chi connectivity index (χ3n) is 5.61. The van der Waals surface area contributed by atoms with Gasteiger partial charge >= 0.3 is 0 Å². The topological polar surface area (TPSA) is 81.1 Å². The highest BCUT2D eigenvalue weighted by Gasteiger charge is 2.22. The number of fused-ring (bicyclic) bond motifs is 3. The summed E-state index contributed by atoms with van der Waals surface area (Å²) >= 11 is 3.13. The highest BCUT2D eigenvalue weighted by Crippen LogP contribution is 2.34. The van der Waals surface area contributed by atoms with E-state index >= 15 is 0 Å². The number of sulfonamides is 1. The number of aromatic nitrogens is 2. The molecule has 0 saturated heterocycles. The number of nitrogens with zero attached hydrogens (tertiary/aromatic N) is 2. The highest BCUT2D eigenvalue weighted by atomic mass is 32.2. The Kier molecular flexibility index (Phi) is 7.15. The van der Waals surface area contributed by atoms with Crippen molar-refractivity contribution in [2.24, 2.45) is 0 Å². The molecule has 0 radical (unpaired) electrons. The second-order valence-electron chi connectivity index (χ2n) is 7.70. The van der Waals surface area contributed by atoms with Crippen molar-refractivity contribution in [3.8, 4) is 0 Å². The van der Waals surface area contributed by atoms with Crippen molar-refractivity contribution in [2.75, 3.05) is 18.6 Å². The van der Waals surface area contributed by atoms with Crippen LogP contribution in [0.5, 0.6) is 0 Å². The van der Waals surface area contributed by atoms with Crippen molar-refractivity contribution < 1.29 is 8.42 Å². The maximum Gasteiger partial charge on any atom is 0.263 e. The Balaban J connectivity index is 1.64. The van der Waals surface area contributed by atoms with E-state index in [0.717, 1.165) is 35.9 Å². The zero-order chi connectivity index (χ0) is 21.8. The number of nitrogens with one attached hydrogen (secondary N) is 1. The third kappa shape index (κ3) is 5.22. The number of thiophene rings is 1. The fraction of sp³-hybridized carbons (Fsp3) is 0.455. The first-order chi connectivity index (χ1) is 15.0. The fourth-order valence-corrected chi connectivity index (χ4v) is 7.11. The summed E-state index contributed by atoms with van der Waals surface area (Å²) in [7, 11) is -1.80. The van der Waals surface area contributed by atoms with Gasteiger partial charge in [0.05, 0.1) is 11.1 Å². The standard InChI is InChI=1S/C22H27N3O3S3/c1-23-31(27,28)15-7-14-29-22-24-20-19(17-10-5-6-11-18(17)30-20)21(26)25(22)13-12-16-8-3-2-4-9-16/h2-4,8-9,23H,5-7,10-15H2,1H3. The van der Waals surface area contributed by atoms with Gasteiger partial charge in [-0.25, -0.2) is 18.1 Å². The van der Waals surface area contributed by atoms with Crippen LogP contribution in [0.4, 0.5) is 0 Å². The Hall–Kier alpha value is -1.68. The van der Waals surface area contributed by atoms with Gasteiger partial charge in [-0.3, -0.25) is 9.36 Å². The van der Waals surface area contributed by atoms with Crippen LogP contribution >= 0.6 is 23.1 Å². The molecule has 0 spiro atoms. The monoisotopic (exact) mass is 477 g/mol. The Morgan fingerprint density at radius 1 is 1.19 bits per heavy atom. The molecule has 0 atom stereocenters. The van der Waals surface area contributed by atoms with Crippen molar-refractivity contribution in [1.82, 2.24) is 14.3 Å². The van der Waals surface area contributed by atoms with Gasteiger partial charge in [0, 0.05) is 17.2 Å². The van der Waals surface area contributed by atoms with Crippen molar-refractivity contribution in [3.63, 3.8) is 0 Å². The summed E-state index contributed by atoms with van der Waals surface area (Å²) in [6, 6.07) is 10.1. The molecule has 166 valence electrons. The van der Waals surface area contributed by atoms with E-state index in [1.54, 1.807) is 15.9 Å². The summed E-state index contributed by atoms with van der Waals surface area (Å²) in [5.74, 6) is 0.662. The molecular formula is C22H27N3O3S3. The lowest BCUT2D eigenvalue weighted by Crippen LogP contribution is -2.25. The summed E-state index contributed by atoms with van der Waals surface area (Å²) in [5, 5.41) is 1.49. The molecular weight excluding hydrogens is 450 g/mol. The number of benzene rings is 1. The van der Waals surface area contributed by atoms with Crippen LogP contribution in [0.1, 0.15) is 35.3 Å². The van der Waals surface area contributed by atoms with E-state index in [9.17, 15) is 13.2 Å². The fourth-order valence-electron chi connectivity index (χ4n) is 3.93. The van der Waals surface area contributed by atoms with Crippen LogP contribution in [0.3, 0.4) is 0 Å². The molecule has 6 nitrogen and oxygen atoms in total. The minimum Gasteiger partial charge on any atom is -0.287 e. The molecule has 1 aliphatic rings. The third-order valence-corrected chi connectivity index (χ3v) is 9.30. The average molecular weight is 478 g/mol. The van der Waals surface area contributed by atoms with Gasteiger partial charge in [0.15, 0.2) is 5.16 Å². The first kappa shape index (κ1) is 22.5. The van der Waals surface area contributed by atoms with E-state index in [4.69, 9.17) is 4.98 Å². The lowest BCUT2D eigenvalue weighted by atomic mass is 9.97. The van der Waals surface area contributed by atoms with Gasteiger partial charge in [-0.1, -0.05) is 42.1 Å². The summed E-state index contributed by atoms with van der Waals surface area (Å²) < 4.78 is 27.5. The van der Waals surface area contributed by atoms with Crippen LogP contribution in [0.2, 0.25) is 0 Å². The van der Waals surface area contributed by atoms with Crippen molar-refractivity contribution >= 4 is 43.3 Å². The molecule has 0 amide bonds. The molecule has 1 aromatic carbocycles. The summed E-state index contributed by atoms with van der Waals surface area (Å²) in [6.45, 7) is 0.563. The zero-order valence-corrected chi connectivity index (χ0v) is 20.0. The smallest absolute Gasteiger partial charge is 0.263 e. The van der Waals surface area contributed by atoms with Crippen LogP contribution in [-0.2, 0) is 35.8 Å². The van der Waals surface area contributed by atoms with Gasteiger partial charge < -0.3 is 0 Å².